The second-order valence-corrected chi connectivity index (χ2v) is 5.84. The lowest BCUT2D eigenvalue weighted by Crippen LogP contribution is -2.51. The zero-order valence-corrected chi connectivity index (χ0v) is 13.8. The second-order valence-electron chi connectivity index (χ2n) is 5.84. The van der Waals surface area contributed by atoms with Crippen molar-refractivity contribution in [2.24, 2.45) is 5.73 Å². The van der Waals surface area contributed by atoms with E-state index in [1.165, 1.54) is 0 Å². The molecule has 0 saturated heterocycles. The van der Waals surface area contributed by atoms with Gasteiger partial charge in [0.2, 0.25) is 11.8 Å². The Bertz CT molecular complexity index is 670. The fourth-order valence-corrected chi connectivity index (χ4v) is 2.31. The van der Waals surface area contributed by atoms with Crippen LogP contribution in [0.4, 0.5) is 0 Å². The first-order valence-electron chi connectivity index (χ1n) is 7.93. The van der Waals surface area contributed by atoms with Crippen molar-refractivity contribution >= 4 is 11.8 Å². The highest BCUT2D eigenvalue weighted by atomic mass is 16.2. The van der Waals surface area contributed by atoms with E-state index in [2.05, 4.69) is 10.6 Å². The van der Waals surface area contributed by atoms with Gasteiger partial charge in [-0.1, -0.05) is 60.7 Å². The third-order valence-corrected chi connectivity index (χ3v) is 3.83. The molecular formula is C19H23N3O2. The zero-order chi connectivity index (χ0) is 17.4. The van der Waals surface area contributed by atoms with Crippen molar-refractivity contribution in [2.45, 2.75) is 18.9 Å². The lowest BCUT2D eigenvalue weighted by atomic mass is 9.92. The third kappa shape index (κ3) is 4.93. The highest BCUT2D eigenvalue weighted by molar-refractivity contribution is 5.90. The Morgan fingerprint density at radius 1 is 0.958 bits per heavy atom. The summed E-state index contributed by atoms with van der Waals surface area (Å²) in [6.07, 6.45) is 0.749. The summed E-state index contributed by atoms with van der Waals surface area (Å²) >= 11 is 0. The van der Waals surface area contributed by atoms with Gasteiger partial charge in [0.05, 0.1) is 6.54 Å². The van der Waals surface area contributed by atoms with Crippen LogP contribution in [0.2, 0.25) is 0 Å². The van der Waals surface area contributed by atoms with Gasteiger partial charge >= 0.3 is 0 Å². The number of hydrogen-bond donors (Lipinski definition) is 3. The predicted molar refractivity (Wildman–Crippen MR) is 94.1 cm³/mol. The number of carbonyl (C=O) groups excluding carboxylic acids is 2. The highest BCUT2D eigenvalue weighted by Crippen LogP contribution is 2.17. The van der Waals surface area contributed by atoms with E-state index in [9.17, 15) is 9.59 Å². The number of hydrogen-bond acceptors (Lipinski definition) is 3. The van der Waals surface area contributed by atoms with Gasteiger partial charge in [-0.2, -0.15) is 0 Å². The Hall–Kier alpha value is -2.66. The molecule has 2 rings (SSSR count). The summed E-state index contributed by atoms with van der Waals surface area (Å²) < 4.78 is 0. The maximum atomic E-state index is 12.2. The van der Waals surface area contributed by atoms with Crippen LogP contribution >= 0.6 is 0 Å². The van der Waals surface area contributed by atoms with Gasteiger partial charge in [0.1, 0.15) is 5.54 Å². The topological polar surface area (TPSA) is 84.2 Å². The molecular weight excluding hydrogens is 302 g/mol. The van der Waals surface area contributed by atoms with Gasteiger partial charge in [0, 0.05) is 6.54 Å². The largest absolute Gasteiger partial charge is 0.354 e. The van der Waals surface area contributed by atoms with Crippen LogP contribution in [0.25, 0.3) is 0 Å². The average molecular weight is 325 g/mol. The molecule has 0 aromatic heterocycles. The molecule has 1 unspecified atom stereocenters. The number of nitrogens with two attached hydrogens (primary N) is 1. The molecule has 0 aliphatic carbocycles. The zero-order valence-electron chi connectivity index (χ0n) is 13.8. The SMILES string of the molecule is CC(N)(C(=O)NCC(=O)NCCc1ccccc1)c1ccccc1. The van der Waals surface area contributed by atoms with Gasteiger partial charge in [-0.3, -0.25) is 9.59 Å². The van der Waals surface area contributed by atoms with E-state index in [0.29, 0.717) is 12.1 Å². The number of nitrogens with one attached hydrogen (secondary N) is 2. The lowest BCUT2D eigenvalue weighted by molar-refractivity contribution is -0.129. The van der Waals surface area contributed by atoms with Gasteiger partial charge in [0.25, 0.3) is 0 Å². The first-order valence-corrected chi connectivity index (χ1v) is 7.93. The molecule has 5 heteroatoms. The van der Waals surface area contributed by atoms with Gasteiger partial charge < -0.3 is 16.4 Å². The van der Waals surface area contributed by atoms with Crippen LogP contribution in [0.5, 0.6) is 0 Å². The highest BCUT2D eigenvalue weighted by Gasteiger charge is 2.30. The molecule has 2 aromatic carbocycles. The minimum atomic E-state index is -1.18. The Morgan fingerprint density at radius 2 is 1.54 bits per heavy atom. The van der Waals surface area contributed by atoms with E-state index in [-0.39, 0.29) is 18.4 Å². The Kier molecular flexibility index (Phi) is 6.09. The van der Waals surface area contributed by atoms with Crippen molar-refractivity contribution in [1.29, 1.82) is 0 Å². The van der Waals surface area contributed by atoms with Crippen molar-refractivity contribution < 1.29 is 9.59 Å². The Morgan fingerprint density at radius 3 is 2.17 bits per heavy atom. The van der Waals surface area contributed by atoms with Crippen LogP contribution in [0.3, 0.4) is 0 Å². The van der Waals surface area contributed by atoms with E-state index >= 15 is 0 Å². The van der Waals surface area contributed by atoms with Crippen LogP contribution < -0.4 is 16.4 Å². The molecule has 2 aromatic rings. The Balaban J connectivity index is 1.76. The monoisotopic (exact) mass is 325 g/mol. The molecule has 0 radical (unpaired) electrons. The van der Waals surface area contributed by atoms with E-state index in [1.54, 1.807) is 19.1 Å². The fourth-order valence-electron chi connectivity index (χ4n) is 2.31. The molecule has 4 N–H and O–H groups in total. The molecule has 0 saturated carbocycles. The van der Waals surface area contributed by atoms with E-state index in [4.69, 9.17) is 5.73 Å². The van der Waals surface area contributed by atoms with Gasteiger partial charge in [-0.15, -0.1) is 0 Å². The number of rotatable bonds is 7. The van der Waals surface area contributed by atoms with Gasteiger partial charge in [-0.25, -0.2) is 0 Å². The molecule has 0 aliphatic heterocycles. The van der Waals surface area contributed by atoms with Gasteiger partial charge in [0.15, 0.2) is 0 Å². The lowest BCUT2D eigenvalue weighted by Gasteiger charge is -2.23. The van der Waals surface area contributed by atoms with E-state index < -0.39 is 5.54 Å². The maximum Gasteiger partial charge on any atom is 0.244 e. The summed E-state index contributed by atoms with van der Waals surface area (Å²) in [5.41, 5.74) is 6.78. The van der Waals surface area contributed by atoms with Crippen LogP contribution in [-0.4, -0.2) is 24.9 Å². The average Bonchev–Trinajstić information content (AvgIpc) is 2.61. The van der Waals surface area contributed by atoms with Crippen molar-refractivity contribution in [3.8, 4) is 0 Å². The summed E-state index contributed by atoms with van der Waals surface area (Å²) in [6, 6.07) is 19.0. The summed E-state index contributed by atoms with van der Waals surface area (Å²) in [4.78, 5) is 24.1. The first kappa shape index (κ1) is 17.7. The molecule has 0 fully saturated rings. The molecule has 2 amide bonds. The third-order valence-electron chi connectivity index (χ3n) is 3.83. The van der Waals surface area contributed by atoms with Crippen LogP contribution in [-0.2, 0) is 21.5 Å². The summed E-state index contributed by atoms with van der Waals surface area (Å²) in [6.45, 7) is 2.06. The number of amides is 2. The normalized spacial score (nSPS) is 12.9. The predicted octanol–water partition coefficient (Wildman–Crippen LogP) is 1.34. The summed E-state index contributed by atoms with van der Waals surface area (Å²) in [7, 11) is 0. The standard InChI is InChI=1S/C19H23N3O2/c1-19(20,16-10-6-3-7-11-16)18(24)22-14-17(23)21-13-12-15-8-4-2-5-9-15/h2-11H,12-14,20H2,1H3,(H,21,23)(H,22,24). The number of benzene rings is 2. The minimum Gasteiger partial charge on any atom is -0.354 e. The second kappa shape index (κ2) is 8.26. The number of carbonyl (C=O) groups is 2. The molecule has 0 spiro atoms. The molecule has 126 valence electrons. The molecule has 0 aliphatic rings. The smallest absolute Gasteiger partial charge is 0.244 e. The minimum absolute atomic E-state index is 0.0900. The van der Waals surface area contributed by atoms with Crippen molar-refractivity contribution in [3.05, 3.63) is 71.8 Å². The van der Waals surface area contributed by atoms with E-state index in [0.717, 1.165) is 12.0 Å². The molecule has 1 atom stereocenters. The van der Waals surface area contributed by atoms with Crippen molar-refractivity contribution in [2.75, 3.05) is 13.1 Å². The van der Waals surface area contributed by atoms with Crippen molar-refractivity contribution in [3.63, 3.8) is 0 Å². The van der Waals surface area contributed by atoms with Crippen molar-refractivity contribution in [1.82, 2.24) is 10.6 Å². The summed E-state index contributed by atoms with van der Waals surface area (Å²) in [5, 5.41) is 5.38. The molecule has 0 bridgehead atoms. The first-order chi connectivity index (χ1) is 11.5. The van der Waals surface area contributed by atoms with Crippen LogP contribution in [0, 0.1) is 0 Å². The molecule has 5 nitrogen and oxygen atoms in total. The maximum absolute atomic E-state index is 12.2. The fraction of sp³-hybridized carbons (Fsp3) is 0.263. The summed E-state index contributed by atoms with van der Waals surface area (Å²) in [5.74, 6) is -0.616. The van der Waals surface area contributed by atoms with Crippen LogP contribution in [0.1, 0.15) is 18.1 Å². The van der Waals surface area contributed by atoms with E-state index in [1.807, 2.05) is 48.5 Å². The van der Waals surface area contributed by atoms with Gasteiger partial charge in [-0.05, 0) is 24.5 Å². The molecule has 24 heavy (non-hydrogen) atoms. The Labute approximate surface area is 142 Å². The molecule has 0 heterocycles. The van der Waals surface area contributed by atoms with Crippen LogP contribution in [0.15, 0.2) is 60.7 Å². The quantitative estimate of drug-likeness (QED) is 0.718.